The van der Waals surface area contributed by atoms with Crippen molar-refractivity contribution in [2.75, 3.05) is 13.7 Å². The van der Waals surface area contributed by atoms with E-state index in [0.717, 1.165) is 12.0 Å². The first kappa shape index (κ1) is 17.7. The molecule has 0 unspecified atom stereocenters. The number of furan rings is 1. The van der Waals surface area contributed by atoms with Gasteiger partial charge < -0.3 is 18.5 Å². The highest BCUT2D eigenvalue weighted by atomic mass is 16.5. The molecule has 0 bridgehead atoms. The van der Waals surface area contributed by atoms with E-state index < -0.39 is 0 Å². The molecule has 7 heteroatoms. The van der Waals surface area contributed by atoms with Crippen molar-refractivity contribution < 1.29 is 18.4 Å². The number of nitrogens with zero attached hydrogens (tertiary/aromatic N) is 3. The summed E-state index contributed by atoms with van der Waals surface area (Å²) in [6, 6.07) is 11.0. The van der Waals surface area contributed by atoms with Crippen LogP contribution in [0.2, 0.25) is 0 Å². The highest BCUT2D eigenvalue weighted by Crippen LogP contribution is 2.21. The first-order valence-corrected chi connectivity index (χ1v) is 8.47. The van der Waals surface area contributed by atoms with Gasteiger partial charge in [-0.1, -0.05) is 25.1 Å². The molecule has 26 heavy (non-hydrogen) atoms. The third-order valence-electron chi connectivity index (χ3n) is 3.91. The van der Waals surface area contributed by atoms with Crippen LogP contribution in [0.5, 0.6) is 5.75 Å². The van der Waals surface area contributed by atoms with E-state index >= 15 is 0 Å². The van der Waals surface area contributed by atoms with Gasteiger partial charge in [0.2, 0.25) is 11.8 Å². The number of aromatic nitrogens is 2. The molecule has 0 saturated carbocycles. The van der Waals surface area contributed by atoms with Gasteiger partial charge in [0.15, 0.2) is 5.76 Å². The molecule has 7 nitrogen and oxygen atoms in total. The Bertz CT molecular complexity index is 842. The van der Waals surface area contributed by atoms with Crippen molar-refractivity contribution in [1.29, 1.82) is 0 Å². The van der Waals surface area contributed by atoms with Gasteiger partial charge in [0.25, 0.3) is 5.89 Å². The van der Waals surface area contributed by atoms with Crippen molar-refractivity contribution in [1.82, 2.24) is 15.1 Å². The fourth-order valence-corrected chi connectivity index (χ4v) is 2.67. The number of hydrogen-bond donors (Lipinski definition) is 0. The Morgan fingerprint density at radius 2 is 2.04 bits per heavy atom. The van der Waals surface area contributed by atoms with Crippen molar-refractivity contribution in [3.8, 4) is 17.4 Å². The summed E-state index contributed by atoms with van der Waals surface area (Å²) in [5.41, 5.74) is 0.850. The van der Waals surface area contributed by atoms with Gasteiger partial charge in [0.1, 0.15) is 5.75 Å². The average molecular weight is 355 g/mol. The Hall–Kier alpha value is -3.09. The normalized spacial score (nSPS) is 10.7. The second kappa shape index (κ2) is 8.33. The van der Waals surface area contributed by atoms with E-state index in [0.29, 0.717) is 29.8 Å². The van der Waals surface area contributed by atoms with Crippen LogP contribution in [0.25, 0.3) is 11.7 Å². The lowest BCUT2D eigenvalue weighted by molar-refractivity contribution is -0.131. The number of hydrogen-bond acceptors (Lipinski definition) is 6. The van der Waals surface area contributed by atoms with Gasteiger partial charge in [-0.05, 0) is 24.6 Å². The van der Waals surface area contributed by atoms with Crippen molar-refractivity contribution in [2.24, 2.45) is 0 Å². The summed E-state index contributed by atoms with van der Waals surface area (Å²) in [4.78, 5) is 14.5. The molecule has 1 amide bonds. The number of para-hydroxylation sites is 1. The number of carbonyl (C=O) groups is 1. The predicted molar refractivity (Wildman–Crippen MR) is 94.4 cm³/mol. The molecule has 0 aliphatic carbocycles. The Balaban J connectivity index is 1.71. The summed E-state index contributed by atoms with van der Waals surface area (Å²) in [6.07, 6.45) is 2.62. The second-order valence-corrected chi connectivity index (χ2v) is 5.78. The average Bonchev–Trinajstić information content (AvgIpc) is 3.33. The lowest BCUT2D eigenvalue weighted by Gasteiger charge is -2.20. The maximum Gasteiger partial charge on any atom is 0.283 e. The van der Waals surface area contributed by atoms with Gasteiger partial charge in [0.05, 0.1) is 26.3 Å². The van der Waals surface area contributed by atoms with Gasteiger partial charge in [-0.15, -0.1) is 10.2 Å². The topological polar surface area (TPSA) is 81.6 Å². The van der Waals surface area contributed by atoms with E-state index in [4.69, 9.17) is 13.6 Å². The Kier molecular flexibility index (Phi) is 5.68. The molecular formula is C19H21N3O4. The summed E-state index contributed by atoms with van der Waals surface area (Å²) in [6.45, 7) is 2.88. The van der Waals surface area contributed by atoms with Gasteiger partial charge in [-0.3, -0.25) is 4.79 Å². The minimum atomic E-state index is -0.0194. The number of amides is 1. The standard InChI is InChI=1S/C19H21N3O4/c1-3-10-22(18(23)12-14-7-4-5-8-15(14)24-2)13-17-20-21-19(26-17)16-9-6-11-25-16/h4-9,11H,3,10,12-13H2,1-2H3. The van der Waals surface area contributed by atoms with E-state index in [2.05, 4.69) is 10.2 Å². The summed E-state index contributed by atoms with van der Waals surface area (Å²) in [7, 11) is 1.60. The van der Waals surface area contributed by atoms with Gasteiger partial charge >= 0.3 is 0 Å². The molecule has 0 atom stereocenters. The fraction of sp³-hybridized carbons (Fsp3) is 0.316. The summed E-state index contributed by atoms with van der Waals surface area (Å²) in [5, 5.41) is 8.00. The predicted octanol–water partition coefficient (Wildman–Crippen LogP) is 3.32. The molecule has 0 radical (unpaired) electrons. The molecule has 1 aromatic carbocycles. The van der Waals surface area contributed by atoms with Crippen LogP contribution in [0.3, 0.4) is 0 Å². The number of benzene rings is 1. The first-order valence-electron chi connectivity index (χ1n) is 8.47. The van der Waals surface area contributed by atoms with Crippen LogP contribution in [0, 0.1) is 0 Å². The maximum absolute atomic E-state index is 12.8. The fourth-order valence-electron chi connectivity index (χ4n) is 2.67. The van der Waals surface area contributed by atoms with E-state index in [1.54, 1.807) is 30.4 Å². The zero-order valence-electron chi connectivity index (χ0n) is 14.8. The number of ether oxygens (including phenoxy) is 1. The van der Waals surface area contributed by atoms with Gasteiger partial charge in [-0.25, -0.2) is 0 Å². The minimum Gasteiger partial charge on any atom is -0.496 e. The summed E-state index contributed by atoms with van der Waals surface area (Å²) < 4.78 is 16.2. The van der Waals surface area contributed by atoms with Gasteiger partial charge in [0, 0.05) is 12.1 Å². The van der Waals surface area contributed by atoms with Crippen LogP contribution in [0.1, 0.15) is 24.8 Å². The van der Waals surface area contributed by atoms with Crippen LogP contribution >= 0.6 is 0 Å². The second-order valence-electron chi connectivity index (χ2n) is 5.78. The molecule has 2 aromatic heterocycles. The molecule has 0 aliphatic heterocycles. The molecule has 2 heterocycles. The van der Waals surface area contributed by atoms with E-state index in [-0.39, 0.29) is 18.9 Å². The molecule has 136 valence electrons. The number of rotatable bonds is 8. The van der Waals surface area contributed by atoms with E-state index in [1.165, 1.54) is 0 Å². The summed E-state index contributed by atoms with van der Waals surface area (Å²) in [5.74, 6) is 1.87. The van der Waals surface area contributed by atoms with Crippen molar-refractivity contribution >= 4 is 5.91 Å². The third-order valence-corrected chi connectivity index (χ3v) is 3.91. The van der Waals surface area contributed by atoms with Crippen LogP contribution in [0.15, 0.2) is 51.5 Å². The van der Waals surface area contributed by atoms with Crippen LogP contribution in [-0.4, -0.2) is 34.7 Å². The molecule has 0 aliphatic rings. The third kappa shape index (κ3) is 4.11. The highest BCUT2D eigenvalue weighted by molar-refractivity contribution is 5.79. The van der Waals surface area contributed by atoms with Gasteiger partial charge in [-0.2, -0.15) is 0 Å². The zero-order valence-corrected chi connectivity index (χ0v) is 14.8. The largest absolute Gasteiger partial charge is 0.496 e. The monoisotopic (exact) mass is 355 g/mol. The smallest absolute Gasteiger partial charge is 0.283 e. The lowest BCUT2D eigenvalue weighted by Crippen LogP contribution is -2.32. The molecular weight excluding hydrogens is 334 g/mol. The van der Waals surface area contributed by atoms with Crippen LogP contribution < -0.4 is 4.74 Å². The quantitative estimate of drug-likeness (QED) is 0.616. The van der Waals surface area contributed by atoms with E-state index in [1.807, 2.05) is 31.2 Å². The molecule has 3 aromatic rings. The Morgan fingerprint density at radius 1 is 1.19 bits per heavy atom. The first-order chi connectivity index (χ1) is 12.7. The molecule has 0 N–H and O–H groups in total. The van der Waals surface area contributed by atoms with Crippen molar-refractivity contribution in [3.63, 3.8) is 0 Å². The number of carbonyl (C=O) groups excluding carboxylic acids is 1. The zero-order chi connectivity index (χ0) is 18.4. The van der Waals surface area contributed by atoms with Crippen LogP contribution in [-0.2, 0) is 17.8 Å². The molecule has 0 fully saturated rings. The molecule has 3 rings (SSSR count). The van der Waals surface area contributed by atoms with Crippen molar-refractivity contribution in [2.45, 2.75) is 26.3 Å². The highest BCUT2D eigenvalue weighted by Gasteiger charge is 2.19. The molecule has 0 spiro atoms. The van der Waals surface area contributed by atoms with E-state index in [9.17, 15) is 4.79 Å². The SMILES string of the molecule is CCCN(Cc1nnc(-c2ccco2)o1)C(=O)Cc1ccccc1OC. The van der Waals surface area contributed by atoms with Crippen LogP contribution in [0.4, 0.5) is 0 Å². The van der Waals surface area contributed by atoms with Crippen molar-refractivity contribution in [3.05, 3.63) is 54.1 Å². The minimum absolute atomic E-state index is 0.0194. The molecule has 0 saturated heterocycles. The Labute approximate surface area is 151 Å². The Morgan fingerprint density at radius 3 is 2.77 bits per heavy atom. The number of methoxy groups -OCH3 is 1. The summed E-state index contributed by atoms with van der Waals surface area (Å²) >= 11 is 0. The maximum atomic E-state index is 12.8. The lowest BCUT2D eigenvalue weighted by atomic mass is 10.1.